The minimum Gasteiger partial charge on any atom is -0.457 e. The van der Waals surface area contributed by atoms with Crippen LogP contribution in [-0.4, -0.2) is 44.1 Å². The lowest BCUT2D eigenvalue weighted by molar-refractivity contribution is 0.480. The van der Waals surface area contributed by atoms with Gasteiger partial charge >= 0.3 is 0 Å². The van der Waals surface area contributed by atoms with Crippen LogP contribution in [0.1, 0.15) is 63.8 Å². The van der Waals surface area contributed by atoms with Gasteiger partial charge in [-0.25, -0.2) is 9.97 Å². The Morgan fingerprint density at radius 1 is 0.373 bits per heavy atom. The van der Waals surface area contributed by atoms with Crippen molar-refractivity contribution in [3.05, 3.63) is 198 Å². The number of ether oxygens (including phenoxy) is 2. The van der Waals surface area contributed by atoms with Gasteiger partial charge in [0, 0.05) is 74.5 Å². The molecule has 0 aliphatic carbocycles. The Kier molecular flexibility index (Phi) is 10.5. The molecule has 0 atom stereocenters. The molecule has 0 radical (unpaired) electrons. The largest absolute Gasteiger partial charge is 0.457 e. The fraction of sp³-hybridized carbons (Fsp3) is 0.156. The lowest BCUT2D eigenvalue weighted by Crippen LogP contribution is -2.12. The van der Waals surface area contributed by atoms with Crippen molar-refractivity contribution in [2.24, 2.45) is 0 Å². The first-order valence-corrected chi connectivity index (χ1v) is 25.3. The van der Waals surface area contributed by atoms with E-state index in [9.17, 15) is 0 Å². The van der Waals surface area contributed by atoms with Gasteiger partial charge in [0.05, 0.1) is 33.1 Å². The van der Waals surface area contributed by atoms with E-state index < -0.39 is 0 Å². The van der Waals surface area contributed by atoms with Gasteiger partial charge in [-0.3, -0.25) is 13.7 Å². The third kappa shape index (κ3) is 7.64. The number of para-hydroxylation sites is 2. The molecule has 0 saturated carbocycles. The normalized spacial score (nSPS) is 12.3. The van der Waals surface area contributed by atoms with Gasteiger partial charge in [0.15, 0.2) is 0 Å². The maximum absolute atomic E-state index is 7.00. The van der Waals surface area contributed by atoms with Crippen LogP contribution in [0, 0.1) is 13.8 Å². The fourth-order valence-electron chi connectivity index (χ4n) is 11.1. The first kappa shape index (κ1) is 45.6. The third-order valence-corrected chi connectivity index (χ3v) is 14.4. The van der Waals surface area contributed by atoms with Gasteiger partial charge < -0.3 is 9.47 Å². The molecule has 13 rings (SSSR count). The Hall–Kier alpha value is -9.22. The van der Waals surface area contributed by atoms with Gasteiger partial charge in [-0.05, 0) is 120 Å². The molecule has 0 bridgehead atoms. The van der Waals surface area contributed by atoms with Crippen LogP contribution in [0.3, 0.4) is 0 Å². The van der Waals surface area contributed by atoms with Crippen molar-refractivity contribution >= 4 is 65.4 Å². The molecule has 13 aromatic rings. The summed E-state index contributed by atoms with van der Waals surface area (Å²) in [6.07, 6.45) is 3.67. The van der Waals surface area contributed by atoms with Crippen LogP contribution >= 0.6 is 0 Å². The van der Waals surface area contributed by atoms with Crippen LogP contribution in [0.2, 0.25) is 0 Å². The van der Waals surface area contributed by atoms with Gasteiger partial charge in [-0.2, -0.15) is 0 Å². The molecule has 0 aliphatic rings. The average molecular weight is 980 g/mol. The second kappa shape index (κ2) is 17.2. The molecule has 7 aromatic carbocycles. The van der Waals surface area contributed by atoms with Crippen molar-refractivity contribution in [2.45, 2.75) is 66.2 Å². The van der Waals surface area contributed by atoms with E-state index in [0.717, 1.165) is 83.0 Å². The minimum absolute atomic E-state index is 0.217. The average Bonchev–Trinajstić information content (AvgIpc) is 4.05. The number of aryl methyl sites for hydroxylation is 2. The molecule has 11 heteroatoms. The highest BCUT2D eigenvalue weighted by Gasteiger charge is 2.27. The fourth-order valence-corrected chi connectivity index (χ4v) is 11.1. The third-order valence-electron chi connectivity index (χ3n) is 14.4. The minimum atomic E-state index is -0.217. The Labute approximate surface area is 433 Å². The molecule has 6 heterocycles. The number of pyridine rings is 2. The predicted octanol–water partition coefficient (Wildman–Crippen LogP) is 15.8. The van der Waals surface area contributed by atoms with Gasteiger partial charge in [-0.15, -0.1) is 20.4 Å². The molecule has 0 unspecified atom stereocenters. The molecule has 75 heavy (non-hydrogen) atoms. The Morgan fingerprint density at radius 3 is 1.25 bits per heavy atom. The van der Waals surface area contributed by atoms with Gasteiger partial charge in [0.25, 0.3) is 5.95 Å². The predicted molar refractivity (Wildman–Crippen MR) is 302 cm³/mol. The van der Waals surface area contributed by atoms with Crippen molar-refractivity contribution in [2.75, 3.05) is 0 Å². The van der Waals surface area contributed by atoms with E-state index in [-0.39, 0.29) is 10.8 Å². The molecule has 0 amide bonds. The molecule has 0 aliphatic heterocycles. The molecule has 6 aromatic heterocycles. The van der Waals surface area contributed by atoms with E-state index in [4.69, 9.17) is 39.8 Å². The molecule has 0 spiro atoms. The second-order valence-corrected chi connectivity index (χ2v) is 21.5. The van der Waals surface area contributed by atoms with E-state index in [1.165, 1.54) is 21.9 Å². The summed E-state index contributed by atoms with van der Waals surface area (Å²) < 4.78 is 20.5. The van der Waals surface area contributed by atoms with E-state index in [2.05, 4.69) is 162 Å². The van der Waals surface area contributed by atoms with Gasteiger partial charge in [-0.1, -0.05) is 108 Å². The van der Waals surface area contributed by atoms with Crippen molar-refractivity contribution in [1.29, 1.82) is 0 Å². The molecule has 0 saturated heterocycles. The number of rotatable bonds is 8. The molecule has 0 N–H and O–H groups in total. The van der Waals surface area contributed by atoms with Crippen molar-refractivity contribution in [3.63, 3.8) is 0 Å². The number of aromatic nitrogens is 9. The van der Waals surface area contributed by atoms with E-state index in [1.54, 1.807) is 0 Å². The Bertz CT molecular complexity index is 4130. The molecule has 366 valence electrons. The van der Waals surface area contributed by atoms with Crippen LogP contribution in [0.5, 0.6) is 23.0 Å². The number of nitrogens with zero attached hydrogens (tertiary/aromatic N) is 9. The highest BCUT2D eigenvalue weighted by molar-refractivity contribution is 6.13. The molecular weight excluding hydrogens is 927 g/mol. The smallest absolute Gasteiger partial charge is 0.273 e. The van der Waals surface area contributed by atoms with Crippen molar-refractivity contribution < 1.29 is 9.47 Å². The summed E-state index contributed by atoms with van der Waals surface area (Å²) in [5.74, 6) is 5.14. The molecule has 11 nitrogen and oxygen atoms in total. The highest BCUT2D eigenvalue weighted by atomic mass is 16.5. The quantitative estimate of drug-likeness (QED) is 0.148. The summed E-state index contributed by atoms with van der Waals surface area (Å²) in [5, 5.41) is 25.7. The molecular formula is C64H53N9O2. The SMILES string of the molecule is Cc1cccc(C)c1-c1nnc(-n2c3cc(Oc4cc(C(C)(C)C)c5c6ccccc6n(-c6ccccn6)c5c4)ccc3c3ccc(Oc4cc(C(C)(C)C)c5c6ccccc6n(-c6ccccn6)c5c4)cc32)nn1. The topological polar surface area (TPSA) is 111 Å². The summed E-state index contributed by atoms with van der Waals surface area (Å²) >= 11 is 0. The lowest BCUT2D eigenvalue weighted by Gasteiger charge is -2.22. The highest BCUT2D eigenvalue weighted by Crippen LogP contribution is 2.45. The van der Waals surface area contributed by atoms with Crippen molar-refractivity contribution in [3.8, 4) is 52.0 Å². The van der Waals surface area contributed by atoms with Crippen LogP contribution < -0.4 is 9.47 Å². The first-order chi connectivity index (χ1) is 36.3. The zero-order valence-corrected chi connectivity index (χ0v) is 43.1. The summed E-state index contributed by atoms with van der Waals surface area (Å²) in [7, 11) is 0. The summed E-state index contributed by atoms with van der Waals surface area (Å²) in [5.41, 5.74) is 10.8. The number of hydrogen-bond acceptors (Lipinski definition) is 8. The Morgan fingerprint density at radius 2 is 0.813 bits per heavy atom. The van der Waals surface area contributed by atoms with Crippen molar-refractivity contribution in [1.82, 2.24) is 44.1 Å². The Balaban J connectivity index is 0.979. The van der Waals surface area contributed by atoms with Crippen LogP contribution in [0.15, 0.2) is 176 Å². The maximum Gasteiger partial charge on any atom is 0.273 e. The standard InChI is InChI=1S/C64H53N9O2/c1-38-18-17-19-39(2)58(38)61-67-69-62(70-68-61)73-52-34-40(74-42-32-48(63(3,4)5)59-46-20-9-11-22-50(46)71(54(59)36-42)56-24-13-15-30-65-56)26-28-44(52)45-29-27-41(35-53(45)73)75-43-33-49(64(6,7)8)60-47-21-10-12-23-51(47)72(55(60)37-43)57-25-14-16-31-66-57/h9-37H,1-8H3. The number of fused-ring (bicyclic) bond motifs is 9. The number of benzene rings is 7. The zero-order chi connectivity index (χ0) is 51.3. The van der Waals surface area contributed by atoms with E-state index in [0.29, 0.717) is 34.8 Å². The first-order valence-electron chi connectivity index (χ1n) is 25.3. The lowest BCUT2D eigenvalue weighted by atomic mass is 9.84. The van der Waals surface area contributed by atoms with E-state index >= 15 is 0 Å². The summed E-state index contributed by atoms with van der Waals surface area (Å²) in [6, 6.07) is 56.2. The molecule has 0 fully saturated rings. The number of hydrogen-bond donors (Lipinski definition) is 0. The monoisotopic (exact) mass is 979 g/mol. The maximum atomic E-state index is 7.00. The van der Waals surface area contributed by atoms with E-state index in [1.807, 2.05) is 83.7 Å². The van der Waals surface area contributed by atoms with Gasteiger partial charge in [0.2, 0.25) is 5.82 Å². The summed E-state index contributed by atoms with van der Waals surface area (Å²) in [4.78, 5) is 9.63. The van der Waals surface area contributed by atoms with Crippen LogP contribution in [0.25, 0.3) is 94.4 Å². The van der Waals surface area contributed by atoms with Crippen LogP contribution in [0.4, 0.5) is 0 Å². The summed E-state index contributed by atoms with van der Waals surface area (Å²) in [6.45, 7) is 17.6. The van der Waals surface area contributed by atoms with Crippen LogP contribution in [-0.2, 0) is 10.8 Å². The van der Waals surface area contributed by atoms with Gasteiger partial charge in [0.1, 0.15) is 34.6 Å². The second-order valence-electron chi connectivity index (χ2n) is 21.5. The zero-order valence-electron chi connectivity index (χ0n) is 43.1.